The van der Waals surface area contributed by atoms with Gasteiger partial charge in [0.25, 0.3) is 0 Å². The van der Waals surface area contributed by atoms with Crippen LogP contribution >= 0.6 is 0 Å². The molecule has 0 aliphatic heterocycles. The van der Waals surface area contributed by atoms with Gasteiger partial charge in [0.15, 0.2) is 0 Å². The van der Waals surface area contributed by atoms with Crippen molar-refractivity contribution in [3.8, 4) is 0 Å². The van der Waals surface area contributed by atoms with Crippen molar-refractivity contribution in [2.24, 2.45) is 0 Å². The van der Waals surface area contributed by atoms with E-state index >= 15 is 0 Å². The lowest BCUT2D eigenvalue weighted by Crippen LogP contribution is -2.04. The zero-order chi connectivity index (χ0) is 12.1. The van der Waals surface area contributed by atoms with Crippen LogP contribution in [-0.2, 0) is 22.6 Å². The lowest BCUT2D eigenvalue weighted by atomic mass is 10.0. The molecule has 0 saturated carbocycles. The minimum absolute atomic E-state index is 0.0398. The van der Waals surface area contributed by atoms with Crippen molar-refractivity contribution in [3.63, 3.8) is 0 Å². The van der Waals surface area contributed by atoms with E-state index in [0.29, 0.717) is 0 Å². The van der Waals surface area contributed by atoms with Gasteiger partial charge in [0.2, 0.25) is 0 Å². The third kappa shape index (κ3) is 3.00. The summed E-state index contributed by atoms with van der Waals surface area (Å²) in [6.07, 6.45) is -0.146. The van der Waals surface area contributed by atoms with E-state index in [1.807, 2.05) is 0 Å². The summed E-state index contributed by atoms with van der Waals surface area (Å²) in [5.41, 5.74) is 0.0289. The third-order valence-electron chi connectivity index (χ3n) is 2.16. The minimum Gasteiger partial charge on any atom is -0.481 e. The van der Waals surface area contributed by atoms with Gasteiger partial charge in [-0.1, -0.05) is 6.07 Å². The molecule has 1 aromatic carbocycles. The maximum atomic E-state index is 13.7. The van der Waals surface area contributed by atoms with Gasteiger partial charge in [-0.05, 0) is 18.1 Å². The van der Waals surface area contributed by atoms with Gasteiger partial charge >= 0.3 is 5.97 Å². The molecule has 1 aromatic rings. The van der Waals surface area contributed by atoms with E-state index in [0.717, 1.165) is 6.07 Å². The zero-order valence-corrected chi connectivity index (χ0v) is 8.80. The van der Waals surface area contributed by atoms with Crippen LogP contribution in [0.1, 0.15) is 17.5 Å². The molecular formula is C11H12F2O3. The molecule has 0 spiro atoms. The Morgan fingerprint density at radius 2 is 2.12 bits per heavy atom. The number of carboxylic acid groups (broad SMARTS) is 1. The number of aryl methyl sites for hydroxylation is 1. The fourth-order valence-electron chi connectivity index (χ4n) is 1.36. The summed E-state index contributed by atoms with van der Waals surface area (Å²) in [5, 5.41) is 8.47. The molecular weight excluding hydrogens is 218 g/mol. The van der Waals surface area contributed by atoms with Crippen LogP contribution in [0.25, 0.3) is 0 Å². The molecule has 0 heterocycles. The number of halogens is 2. The van der Waals surface area contributed by atoms with Crippen LogP contribution < -0.4 is 0 Å². The Bertz CT molecular complexity index is 391. The van der Waals surface area contributed by atoms with Gasteiger partial charge in [-0.3, -0.25) is 4.79 Å². The van der Waals surface area contributed by atoms with Crippen LogP contribution in [-0.4, -0.2) is 18.2 Å². The topological polar surface area (TPSA) is 46.5 Å². The maximum absolute atomic E-state index is 13.7. The van der Waals surface area contributed by atoms with Crippen molar-refractivity contribution in [2.75, 3.05) is 7.11 Å². The van der Waals surface area contributed by atoms with E-state index in [4.69, 9.17) is 5.11 Å². The van der Waals surface area contributed by atoms with E-state index in [1.165, 1.54) is 13.2 Å². The molecule has 1 rings (SSSR count). The van der Waals surface area contributed by atoms with Gasteiger partial charge in [-0.2, -0.15) is 0 Å². The Balaban J connectivity index is 2.94. The number of ether oxygens (including phenoxy) is 1. The molecule has 0 bridgehead atoms. The van der Waals surface area contributed by atoms with Crippen molar-refractivity contribution in [1.82, 2.24) is 0 Å². The molecule has 88 valence electrons. The lowest BCUT2D eigenvalue weighted by molar-refractivity contribution is -0.136. The Morgan fingerprint density at radius 1 is 1.44 bits per heavy atom. The van der Waals surface area contributed by atoms with Crippen molar-refractivity contribution >= 4 is 5.97 Å². The zero-order valence-electron chi connectivity index (χ0n) is 8.80. The highest BCUT2D eigenvalue weighted by Crippen LogP contribution is 2.19. The number of benzene rings is 1. The first kappa shape index (κ1) is 12.6. The van der Waals surface area contributed by atoms with E-state index in [2.05, 4.69) is 4.74 Å². The fourth-order valence-corrected chi connectivity index (χ4v) is 1.36. The molecule has 0 radical (unpaired) electrons. The molecule has 0 aliphatic rings. The fraction of sp³-hybridized carbons (Fsp3) is 0.364. The van der Waals surface area contributed by atoms with E-state index in [-0.39, 0.29) is 30.6 Å². The Hall–Kier alpha value is -1.49. The van der Waals surface area contributed by atoms with Crippen molar-refractivity contribution in [3.05, 3.63) is 34.9 Å². The van der Waals surface area contributed by atoms with E-state index in [9.17, 15) is 13.6 Å². The number of methoxy groups -OCH3 is 1. The maximum Gasteiger partial charge on any atom is 0.303 e. The number of rotatable bonds is 5. The monoisotopic (exact) mass is 230 g/mol. The van der Waals surface area contributed by atoms with E-state index < -0.39 is 17.6 Å². The van der Waals surface area contributed by atoms with Crippen molar-refractivity contribution < 1.29 is 23.4 Å². The average molecular weight is 230 g/mol. The summed E-state index contributed by atoms with van der Waals surface area (Å²) in [6.45, 7) is -0.168. The summed E-state index contributed by atoms with van der Waals surface area (Å²) in [4.78, 5) is 10.3. The molecule has 16 heavy (non-hydrogen) atoms. The molecule has 0 amide bonds. The molecule has 0 unspecified atom stereocenters. The van der Waals surface area contributed by atoms with Crippen LogP contribution in [0.15, 0.2) is 12.1 Å². The van der Waals surface area contributed by atoms with Gasteiger partial charge in [0.1, 0.15) is 11.6 Å². The quantitative estimate of drug-likeness (QED) is 0.842. The smallest absolute Gasteiger partial charge is 0.303 e. The van der Waals surface area contributed by atoms with Gasteiger partial charge in [-0.15, -0.1) is 0 Å². The molecule has 0 aliphatic carbocycles. The third-order valence-corrected chi connectivity index (χ3v) is 2.16. The largest absolute Gasteiger partial charge is 0.481 e. The van der Waals surface area contributed by atoms with E-state index in [1.54, 1.807) is 0 Å². The van der Waals surface area contributed by atoms with Crippen LogP contribution in [0.4, 0.5) is 8.78 Å². The SMILES string of the molecule is COCc1c(F)ccc(CCC(=O)O)c1F. The summed E-state index contributed by atoms with van der Waals surface area (Å²) < 4.78 is 31.5. The average Bonchev–Trinajstić information content (AvgIpc) is 2.23. The highest BCUT2D eigenvalue weighted by molar-refractivity contribution is 5.67. The summed E-state index contributed by atoms with van der Waals surface area (Å²) in [5.74, 6) is -2.42. The molecule has 0 fully saturated rings. The summed E-state index contributed by atoms with van der Waals surface area (Å²) in [7, 11) is 1.34. The van der Waals surface area contributed by atoms with Gasteiger partial charge in [0, 0.05) is 19.1 Å². The Morgan fingerprint density at radius 3 is 2.69 bits per heavy atom. The Kier molecular flexibility index (Phi) is 4.37. The van der Waals surface area contributed by atoms with Crippen LogP contribution in [0, 0.1) is 11.6 Å². The highest BCUT2D eigenvalue weighted by Gasteiger charge is 2.13. The molecule has 0 aromatic heterocycles. The second-order valence-corrected chi connectivity index (χ2v) is 3.33. The first-order valence-electron chi connectivity index (χ1n) is 4.72. The summed E-state index contributed by atoms with van der Waals surface area (Å²) in [6, 6.07) is 2.38. The molecule has 0 atom stereocenters. The van der Waals surface area contributed by atoms with Gasteiger partial charge in [0.05, 0.1) is 6.61 Å². The second-order valence-electron chi connectivity index (χ2n) is 3.33. The second kappa shape index (κ2) is 5.55. The standard InChI is InChI=1S/C11H12F2O3/c1-16-6-8-9(12)4-2-7(11(8)13)3-5-10(14)15/h2,4H,3,5-6H2,1H3,(H,14,15). The molecule has 3 nitrogen and oxygen atoms in total. The molecule has 1 N–H and O–H groups in total. The van der Waals surface area contributed by atoms with Gasteiger partial charge in [-0.25, -0.2) is 8.78 Å². The summed E-state index contributed by atoms with van der Waals surface area (Å²) >= 11 is 0. The number of carbonyl (C=O) groups is 1. The number of aliphatic carboxylic acids is 1. The number of hydrogen-bond donors (Lipinski definition) is 1. The van der Waals surface area contributed by atoms with Crippen LogP contribution in [0.5, 0.6) is 0 Å². The first-order chi connectivity index (χ1) is 7.56. The highest BCUT2D eigenvalue weighted by atomic mass is 19.1. The minimum atomic E-state index is -1.02. The van der Waals surface area contributed by atoms with Crippen molar-refractivity contribution in [1.29, 1.82) is 0 Å². The normalized spacial score (nSPS) is 10.4. The first-order valence-corrected chi connectivity index (χ1v) is 4.72. The Labute approximate surface area is 91.7 Å². The van der Waals surface area contributed by atoms with Crippen LogP contribution in [0.2, 0.25) is 0 Å². The molecule has 0 saturated heterocycles. The number of carboxylic acids is 1. The van der Waals surface area contributed by atoms with Crippen LogP contribution in [0.3, 0.4) is 0 Å². The lowest BCUT2D eigenvalue weighted by Gasteiger charge is -2.08. The van der Waals surface area contributed by atoms with Gasteiger partial charge < -0.3 is 9.84 Å². The van der Waals surface area contributed by atoms with Crippen molar-refractivity contribution in [2.45, 2.75) is 19.4 Å². The molecule has 5 heteroatoms. The number of hydrogen-bond acceptors (Lipinski definition) is 2. The predicted octanol–water partition coefficient (Wildman–Crippen LogP) is 2.13. The predicted molar refractivity (Wildman–Crippen MR) is 53.0 cm³/mol.